The molecular weight excluding hydrogens is 256 g/mol. The fourth-order valence-corrected chi connectivity index (χ4v) is 2.61. The lowest BCUT2D eigenvalue weighted by atomic mass is 10.2. The highest BCUT2D eigenvalue weighted by Gasteiger charge is 2.04. The fraction of sp³-hybridized carbons (Fsp3) is 0.636. The lowest BCUT2D eigenvalue weighted by Crippen LogP contribution is -2.28. The molecule has 0 saturated carbocycles. The van der Waals surface area contributed by atoms with Crippen LogP contribution < -0.4 is 5.32 Å². The molecule has 1 amide bonds. The van der Waals surface area contributed by atoms with E-state index in [-0.39, 0.29) is 12.0 Å². The number of nitrogens with zero attached hydrogens (tertiary/aromatic N) is 1. The topological polar surface area (TPSA) is 62.2 Å². The maximum Gasteiger partial charge on any atom is 0.230 e. The highest BCUT2D eigenvalue weighted by atomic mass is 32.2. The van der Waals surface area contributed by atoms with Crippen molar-refractivity contribution in [2.45, 2.75) is 31.6 Å². The molecule has 96 valence electrons. The molecule has 1 atom stereocenters. The summed E-state index contributed by atoms with van der Waals surface area (Å²) in [6, 6.07) is 0. The van der Waals surface area contributed by atoms with Crippen molar-refractivity contribution >= 4 is 29.0 Å². The second kappa shape index (κ2) is 8.49. The Hall–Kier alpha value is -0.590. The zero-order valence-corrected chi connectivity index (χ0v) is 11.5. The van der Waals surface area contributed by atoms with Gasteiger partial charge in [-0.05, 0) is 12.8 Å². The molecule has 2 N–H and O–H groups in total. The van der Waals surface area contributed by atoms with Crippen LogP contribution in [0.15, 0.2) is 10.9 Å². The second-order valence-electron chi connectivity index (χ2n) is 3.67. The van der Waals surface area contributed by atoms with Gasteiger partial charge in [0.05, 0.1) is 23.1 Å². The third-order valence-electron chi connectivity index (χ3n) is 2.24. The number of nitrogens with one attached hydrogen (secondary N) is 1. The number of rotatable bonds is 8. The van der Waals surface area contributed by atoms with E-state index in [9.17, 15) is 9.90 Å². The van der Waals surface area contributed by atoms with Crippen molar-refractivity contribution in [1.82, 2.24) is 10.3 Å². The SMILES string of the molecule is CCC(O)CCNC(=O)CSCc1cscn1. The van der Waals surface area contributed by atoms with Gasteiger partial charge in [0, 0.05) is 17.7 Å². The highest BCUT2D eigenvalue weighted by molar-refractivity contribution is 7.99. The molecule has 0 aliphatic heterocycles. The van der Waals surface area contributed by atoms with E-state index in [4.69, 9.17) is 0 Å². The van der Waals surface area contributed by atoms with Crippen molar-refractivity contribution < 1.29 is 9.90 Å². The van der Waals surface area contributed by atoms with Gasteiger partial charge in [-0.3, -0.25) is 4.79 Å². The minimum Gasteiger partial charge on any atom is -0.393 e. The van der Waals surface area contributed by atoms with E-state index in [1.54, 1.807) is 28.6 Å². The molecule has 0 saturated heterocycles. The summed E-state index contributed by atoms with van der Waals surface area (Å²) < 4.78 is 0. The van der Waals surface area contributed by atoms with Gasteiger partial charge in [0.15, 0.2) is 0 Å². The van der Waals surface area contributed by atoms with E-state index in [0.717, 1.165) is 17.9 Å². The summed E-state index contributed by atoms with van der Waals surface area (Å²) in [6.07, 6.45) is 1.05. The lowest BCUT2D eigenvalue weighted by Gasteiger charge is -2.08. The number of hydrogen-bond acceptors (Lipinski definition) is 5. The van der Waals surface area contributed by atoms with Gasteiger partial charge >= 0.3 is 0 Å². The predicted octanol–water partition coefficient (Wildman–Crippen LogP) is 1.65. The van der Waals surface area contributed by atoms with E-state index in [2.05, 4.69) is 10.3 Å². The van der Waals surface area contributed by atoms with Crippen LogP contribution in [0.1, 0.15) is 25.5 Å². The molecule has 0 aliphatic rings. The summed E-state index contributed by atoms with van der Waals surface area (Å²) >= 11 is 3.12. The van der Waals surface area contributed by atoms with Crippen LogP contribution in [0.25, 0.3) is 0 Å². The Morgan fingerprint density at radius 3 is 3.18 bits per heavy atom. The monoisotopic (exact) mass is 274 g/mol. The van der Waals surface area contributed by atoms with E-state index >= 15 is 0 Å². The molecule has 0 radical (unpaired) electrons. The fourth-order valence-electron chi connectivity index (χ4n) is 1.19. The van der Waals surface area contributed by atoms with E-state index in [1.165, 1.54) is 0 Å². The van der Waals surface area contributed by atoms with Gasteiger partial charge < -0.3 is 10.4 Å². The summed E-state index contributed by atoms with van der Waals surface area (Å²) in [5.74, 6) is 1.24. The van der Waals surface area contributed by atoms with Gasteiger partial charge in [-0.25, -0.2) is 4.98 Å². The van der Waals surface area contributed by atoms with Gasteiger partial charge in [0.2, 0.25) is 5.91 Å². The van der Waals surface area contributed by atoms with Gasteiger partial charge in [-0.15, -0.1) is 23.1 Å². The quantitative estimate of drug-likeness (QED) is 0.757. The molecule has 1 aromatic rings. The maximum atomic E-state index is 11.4. The summed E-state index contributed by atoms with van der Waals surface area (Å²) in [7, 11) is 0. The van der Waals surface area contributed by atoms with Crippen LogP contribution >= 0.6 is 23.1 Å². The number of aliphatic hydroxyl groups is 1. The molecule has 0 spiro atoms. The Kier molecular flexibility index (Phi) is 7.23. The van der Waals surface area contributed by atoms with Crippen molar-refractivity contribution in [3.05, 3.63) is 16.6 Å². The Morgan fingerprint density at radius 1 is 1.71 bits per heavy atom. The first-order valence-corrected chi connectivity index (χ1v) is 7.71. The van der Waals surface area contributed by atoms with Crippen LogP contribution in [0.5, 0.6) is 0 Å². The van der Waals surface area contributed by atoms with E-state index < -0.39 is 0 Å². The Morgan fingerprint density at radius 2 is 2.53 bits per heavy atom. The summed E-state index contributed by atoms with van der Waals surface area (Å²) in [6.45, 7) is 2.47. The molecular formula is C11H18N2O2S2. The number of thiazole rings is 1. The molecule has 0 fully saturated rings. The van der Waals surface area contributed by atoms with Crippen LogP contribution in [0.3, 0.4) is 0 Å². The average molecular weight is 274 g/mol. The summed E-state index contributed by atoms with van der Waals surface area (Å²) in [5, 5.41) is 14.1. The first-order chi connectivity index (χ1) is 8.22. The third kappa shape index (κ3) is 6.65. The van der Waals surface area contributed by atoms with Crippen molar-refractivity contribution in [2.24, 2.45) is 0 Å². The Labute approximate surface area is 110 Å². The number of aliphatic hydroxyl groups excluding tert-OH is 1. The van der Waals surface area contributed by atoms with Crippen LogP contribution in [0.2, 0.25) is 0 Å². The molecule has 4 nitrogen and oxygen atoms in total. The molecule has 1 unspecified atom stereocenters. The van der Waals surface area contributed by atoms with Crippen LogP contribution in [-0.2, 0) is 10.5 Å². The number of amides is 1. The van der Waals surface area contributed by atoms with Crippen molar-refractivity contribution in [1.29, 1.82) is 0 Å². The van der Waals surface area contributed by atoms with Crippen LogP contribution in [0.4, 0.5) is 0 Å². The Bertz CT molecular complexity index is 317. The Balaban J connectivity index is 2.01. The molecule has 1 rings (SSSR count). The molecule has 1 aromatic heterocycles. The zero-order chi connectivity index (χ0) is 12.5. The largest absolute Gasteiger partial charge is 0.393 e. The average Bonchev–Trinajstić information content (AvgIpc) is 2.82. The van der Waals surface area contributed by atoms with Crippen LogP contribution in [-0.4, -0.2) is 34.4 Å². The minimum absolute atomic E-state index is 0.0218. The molecule has 0 aromatic carbocycles. The predicted molar refractivity (Wildman–Crippen MR) is 72.2 cm³/mol. The van der Waals surface area contributed by atoms with E-state index in [0.29, 0.717) is 18.7 Å². The number of carbonyl (C=O) groups is 1. The number of carbonyl (C=O) groups excluding carboxylic acids is 1. The minimum atomic E-state index is -0.307. The summed E-state index contributed by atoms with van der Waals surface area (Å²) in [5.41, 5.74) is 2.82. The summed E-state index contributed by atoms with van der Waals surface area (Å²) in [4.78, 5) is 15.6. The zero-order valence-electron chi connectivity index (χ0n) is 9.89. The molecule has 1 heterocycles. The number of aromatic nitrogens is 1. The molecule has 6 heteroatoms. The van der Waals surface area contributed by atoms with Crippen molar-refractivity contribution in [2.75, 3.05) is 12.3 Å². The molecule has 17 heavy (non-hydrogen) atoms. The molecule has 0 aliphatic carbocycles. The smallest absolute Gasteiger partial charge is 0.230 e. The van der Waals surface area contributed by atoms with Gasteiger partial charge in [0.25, 0.3) is 0 Å². The highest BCUT2D eigenvalue weighted by Crippen LogP contribution is 2.11. The van der Waals surface area contributed by atoms with Crippen LogP contribution in [0, 0.1) is 0 Å². The lowest BCUT2D eigenvalue weighted by molar-refractivity contribution is -0.118. The number of hydrogen-bond donors (Lipinski definition) is 2. The normalized spacial score (nSPS) is 12.4. The van der Waals surface area contributed by atoms with Gasteiger partial charge in [-0.1, -0.05) is 6.92 Å². The van der Waals surface area contributed by atoms with Crippen molar-refractivity contribution in [3.63, 3.8) is 0 Å². The van der Waals surface area contributed by atoms with Gasteiger partial charge in [-0.2, -0.15) is 0 Å². The first-order valence-electron chi connectivity index (χ1n) is 5.62. The molecule has 0 bridgehead atoms. The van der Waals surface area contributed by atoms with E-state index in [1.807, 2.05) is 12.3 Å². The first kappa shape index (κ1) is 14.5. The second-order valence-corrected chi connectivity index (χ2v) is 5.38. The van der Waals surface area contributed by atoms with Crippen molar-refractivity contribution in [3.8, 4) is 0 Å². The maximum absolute atomic E-state index is 11.4. The van der Waals surface area contributed by atoms with Gasteiger partial charge in [0.1, 0.15) is 0 Å². The third-order valence-corrected chi connectivity index (χ3v) is 3.84. The number of thioether (sulfide) groups is 1. The standard InChI is InChI=1S/C11H18N2O2S2/c1-2-10(14)3-4-12-11(15)7-16-5-9-6-17-8-13-9/h6,8,10,14H,2-5,7H2,1H3,(H,12,15).